The lowest BCUT2D eigenvalue weighted by Gasteiger charge is -2.13. The molecule has 1 N–H and O–H groups in total. The molecule has 0 unspecified atom stereocenters. The minimum absolute atomic E-state index is 0.444. The number of nitrogens with zero attached hydrogens (tertiary/aromatic N) is 4. The normalized spacial score (nSPS) is 11.9. The first-order chi connectivity index (χ1) is 9.45. The Kier molecular flexibility index (Phi) is 4.23. The number of hydrogen-bond donors (Lipinski definition) is 1. The van der Waals surface area contributed by atoms with E-state index in [1.807, 2.05) is 13.1 Å². The van der Waals surface area contributed by atoms with E-state index < -0.39 is 0 Å². The van der Waals surface area contributed by atoms with Crippen molar-refractivity contribution in [1.29, 1.82) is 0 Å². The zero-order chi connectivity index (χ0) is 14.9. The monoisotopic (exact) mass is 291 g/mol. The fourth-order valence-corrected chi connectivity index (χ4v) is 2.72. The van der Waals surface area contributed by atoms with Crippen LogP contribution in [0.25, 0.3) is 0 Å². The maximum absolute atomic E-state index is 5.19. The molecule has 0 spiro atoms. The largest absolute Gasteiger partial charge is 0.346 e. The minimum Gasteiger partial charge on any atom is -0.346 e. The van der Waals surface area contributed by atoms with Crippen LogP contribution < -0.4 is 0 Å². The first-order valence-corrected chi connectivity index (χ1v) is 7.25. The van der Waals surface area contributed by atoms with E-state index in [4.69, 9.17) is 12.2 Å². The van der Waals surface area contributed by atoms with E-state index in [1.54, 1.807) is 4.68 Å². The number of aromatic nitrogens is 4. The molecule has 108 valence electrons. The van der Waals surface area contributed by atoms with Gasteiger partial charge in [-0.2, -0.15) is 14.9 Å². The van der Waals surface area contributed by atoms with E-state index in [2.05, 4.69) is 53.6 Å². The molecule has 2 aromatic heterocycles. The fourth-order valence-electron chi connectivity index (χ4n) is 2.52. The highest BCUT2D eigenvalue weighted by Gasteiger charge is 2.10. The molecule has 0 aliphatic heterocycles. The van der Waals surface area contributed by atoms with Gasteiger partial charge in [-0.05, 0) is 46.0 Å². The quantitative estimate of drug-likeness (QED) is 0.693. The summed E-state index contributed by atoms with van der Waals surface area (Å²) in [4.78, 5) is 0. The van der Waals surface area contributed by atoms with Gasteiger partial charge in [-0.3, -0.25) is 5.10 Å². The Balaban J connectivity index is 2.40. The molecule has 20 heavy (non-hydrogen) atoms. The van der Waals surface area contributed by atoms with E-state index in [0.29, 0.717) is 10.8 Å². The van der Waals surface area contributed by atoms with Crippen molar-refractivity contribution in [2.45, 2.75) is 47.1 Å². The van der Waals surface area contributed by atoms with Crippen molar-refractivity contribution in [2.75, 3.05) is 0 Å². The standard InChI is InChI=1S/C14H21N5S/c1-6-13-16-17-14(20)19(13)15-8-12-7-10(4)18(9(2)3)11(12)5/h7-9H,6H2,1-5H3,(H,17,20)/b15-8-. The van der Waals surface area contributed by atoms with Gasteiger partial charge in [0.05, 0.1) is 6.21 Å². The molecule has 5 nitrogen and oxygen atoms in total. The molecule has 0 atom stereocenters. The highest BCUT2D eigenvalue weighted by atomic mass is 32.1. The summed E-state index contributed by atoms with van der Waals surface area (Å²) >= 11 is 5.19. The van der Waals surface area contributed by atoms with Gasteiger partial charge in [-0.25, -0.2) is 0 Å². The van der Waals surface area contributed by atoms with E-state index in [9.17, 15) is 0 Å². The van der Waals surface area contributed by atoms with Gasteiger partial charge in [0.1, 0.15) is 0 Å². The van der Waals surface area contributed by atoms with Gasteiger partial charge in [0.2, 0.25) is 4.77 Å². The molecule has 0 bridgehead atoms. The SMILES string of the molecule is CCc1n[nH]c(=S)n1/N=C\c1cc(C)n(C(C)C)c1C. The maximum Gasteiger partial charge on any atom is 0.216 e. The predicted molar refractivity (Wildman–Crippen MR) is 84.1 cm³/mol. The third-order valence-electron chi connectivity index (χ3n) is 3.39. The van der Waals surface area contributed by atoms with Crippen molar-refractivity contribution < 1.29 is 0 Å². The summed E-state index contributed by atoms with van der Waals surface area (Å²) in [7, 11) is 0. The van der Waals surface area contributed by atoms with Gasteiger partial charge < -0.3 is 4.57 Å². The second kappa shape index (κ2) is 5.75. The van der Waals surface area contributed by atoms with Crippen molar-refractivity contribution in [1.82, 2.24) is 19.4 Å². The van der Waals surface area contributed by atoms with Gasteiger partial charge in [-0.15, -0.1) is 0 Å². The zero-order valence-corrected chi connectivity index (χ0v) is 13.5. The van der Waals surface area contributed by atoms with Crippen LogP contribution in [0.3, 0.4) is 0 Å². The molecule has 0 radical (unpaired) electrons. The smallest absolute Gasteiger partial charge is 0.216 e. The lowest BCUT2D eigenvalue weighted by atomic mass is 10.2. The first kappa shape index (κ1) is 14.7. The molecule has 2 rings (SSSR count). The van der Waals surface area contributed by atoms with Crippen LogP contribution in [0.5, 0.6) is 0 Å². The number of rotatable bonds is 4. The third-order valence-corrected chi connectivity index (χ3v) is 3.65. The predicted octanol–water partition coefficient (Wildman–Crippen LogP) is 3.38. The second-order valence-electron chi connectivity index (χ2n) is 5.15. The van der Waals surface area contributed by atoms with Crippen molar-refractivity contribution in [3.05, 3.63) is 33.6 Å². The highest BCUT2D eigenvalue weighted by Crippen LogP contribution is 2.18. The molecule has 0 saturated heterocycles. The molecular weight excluding hydrogens is 270 g/mol. The van der Waals surface area contributed by atoms with E-state index in [0.717, 1.165) is 17.8 Å². The molecular formula is C14H21N5S. The Hall–Kier alpha value is -1.69. The molecule has 2 aromatic rings. The van der Waals surface area contributed by atoms with Crippen LogP contribution in [0.4, 0.5) is 0 Å². The topological polar surface area (TPSA) is 50.9 Å². The molecule has 0 aromatic carbocycles. The summed E-state index contributed by atoms with van der Waals surface area (Å²) < 4.78 is 4.50. The Labute approximate surface area is 124 Å². The van der Waals surface area contributed by atoms with Crippen LogP contribution in [0.2, 0.25) is 0 Å². The number of hydrogen-bond acceptors (Lipinski definition) is 3. The molecule has 0 saturated carbocycles. The summed E-state index contributed by atoms with van der Waals surface area (Å²) in [5, 5.41) is 11.4. The van der Waals surface area contributed by atoms with Gasteiger partial charge in [0.25, 0.3) is 0 Å². The average Bonchev–Trinajstić information content (AvgIpc) is 2.87. The average molecular weight is 291 g/mol. The highest BCUT2D eigenvalue weighted by molar-refractivity contribution is 7.71. The van der Waals surface area contributed by atoms with E-state index >= 15 is 0 Å². The lowest BCUT2D eigenvalue weighted by Crippen LogP contribution is -2.05. The fraction of sp³-hybridized carbons (Fsp3) is 0.500. The van der Waals surface area contributed by atoms with Crippen LogP contribution in [0.1, 0.15) is 49.6 Å². The summed E-state index contributed by atoms with van der Waals surface area (Å²) in [5.41, 5.74) is 3.57. The molecule has 6 heteroatoms. The number of aromatic amines is 1. The summed E-state index contributed by atoms with van der Waals surface area (Å²) in [6.07, 6.45) is 2.64. The molecule has 2 heterocycles. The van der Waals surface area contributed by atoms with Gasteiger partial charge in [0.15, 0.2) is 5.82 Å². The van der Waals surface area contributed by atoms with Gasteiger partial charge >= 0.3 is 0 Å². The number of H-pyrrole nitrogens is 1. The first-order valence-electron chi connectivity index (χ1n) is 6.84. The Morgan fingerprint density at radius 2 is 2.15 bits per heavy atom. The van der Waals surface area contributed by atoms with E-state index in [1.165, 1.54) is 11.4 Å². The Morgan fingerprint density at radius 1 is 1.45 bits per heavy atom. The van der Waals surface area contributed by atoms with Gasteiger partial charge in [0, 0.05) is 29.4 Å². The summed E-state index contributed by atoms with van der Waals surface area (Å²) in [6.45, 7) is 10.6. The van der Waals surface area contributed by atoms with Crippen LogP contribution in [-0.2, 0) is 6.42 Å². The minimum atomic E-state index is 0.444. The maximum atomic E-state index is 5.19. The Morgan fingerprint density at radius 3 is 2.70 bits per heavy atom. The van der Waals surface area contributed by atoms with Crippen LogP contribution >= 0.6 is 12.2 Å². The van der Waals surface area contributed by atoms with Crippen LogP contribution in [0, 0.1) is 18.6 Å². The lowest BCUT2D eigenvalue weighted by molar-refractivity contribution is 0.574. The summed E-state index contributed by atoms with van der Waals surface area (Å²) in [6, 6.07) is 2.59. The molecule has 0 aliphatic carbocycles. The van der Waals surface area contributed by atoms with Crippen molar-refractivity contribution in [3.8, 4) is 0 Å². The second-order valence-corrected chi connectivity index (χ2v) is 5.53. The molecule has 0 amide bonds. The Bertz CT molecular complexity index is 687. The van der Waals surface area contributed by atoms with Crippen molar-refractivity contribution in [3.63, 3.8) is 0 Å². The van der Waals surface area contributed by atoms with Crippen LogP contribution in [-0.4, -0.2) is 25.7 Å². The molecule has 0 aliphatic rings. The van der Waals surface area contributed by atoms with Crippen LogP contribution in [0.15, 0.2) is 11.2 Å². The summed E-state index contributed by atoms with van der Waals surface area (Å²) in [5.74, 6) is 0.837. The van der Waals surface area contributed by atoms with E-state index in [-0.39, 0.29) is 0 Å². The van der Waals surface area contributed by atoms with Gasteiger partial charge in [-0.1, -0.05) is 6.92 Å². The number of aryl methyl sites for hydroxylation is 2. The van der Waals surface area contributed by atoms with Crippen molar-refractivity contribution in [2.24, 2.45) is 5.10 Å². The number of nitrogens with one attached hydrogen (secondary N) is 1. The zero-order valence-electron chi connectivity index (χ0n) is 12.6. The molecule has 0 fully saturated rings. The third kappa shape index (κ3) is 2.60. The van der Waals surface area contributed by atoms with Crippen molar-refractivity contribution >= 4 is 18.4 Å².